The van der Waals surface area contributed by atoms with Crippen LogP contribution >= 0.6 is 0 Å². The highest BCUT2D eigenvalue weighted by molar-refractivity contribution is 6.06. The van der Waals surface area contributed by atoms with Gasteiger partial charge in [0.05, 0.1) is 122 Å². The first-order chi connectivity index (χ1) is 54.8. The van der Waals surface area contributed by atoms with E-state index >= 15 is 0 Å². The first kappa shape index (κ1) is 86.8. The maximum atomic E-state index is 13.3. The normalized spacial score (nSPS) is 11.1. The number of nitrogens with one attached hydrogen (secondary N) is 11. The molecule has 0 spiro atoms. The van der Waals surface area contributed by atoms with Crippen LogP contribution < -0.4 is 58.5 Å². The quantitative estimate of drug-likeness (QED) is 0.0168. The van der Waals surface area contributed by atoms with Crippen molar-refractivity contribution in [3.8, 4) is 0 Å². The number of ether oxygens (including phenoxy) is 7. The van der Waals surface area contributed by atoms with Gasteiger partial charge < -0.3 is 124 Å². The number of rotatable bonds is 49. The molecule has 0 unspecified atom stereocenters. The monoisotopic (exact) mass is 1590 g/mol. The van der Waals surface area contributed by atoms with Crippen molar-refractivity contribution in [2.45, 2.75) is 45.1 Å². The van der Waals surface area contributed by atoms with Gasteiger partial charge in [-0.2, -0.15) is 0 Å². The van der Waals surface area contributed by atoms with Crippen molar-refractivity contribution in [3.05, 3.63) is 120 Å². The fourth-order valence-electron chi connectivity index (χ4n) is 10.7. The molecule has 8 aromatic rings. The van der Waals surface area contributed by atoms with Crippen LogP contribution in [0, 0.1) is 0 Å². The maximum absolute atomic E-state index is 13.3. The number of hydrogen-bond donors (Lipinski definition) is 11. The number of carbonyl (C=O) groups excluding carboxylic acids is 12. The molecule has 0 fully saturated rings. The Morgan fingerprint density at radius 2 is 0.763 bits per heavy atom. The van der Waals surface area contributed by atoms with Crippen molar-refractivity contribution >= 4 is 105 Å². The summed E-state index contributed by atoms with van der Waals surface area (Å²) in [5.41, 5.74) is 2.03. The lowest BCUT2D eigenvalue weighted by Crippen LogP contribution is -2.33. The third-order valence-electron chi connectivity index (χ3n) is 16.4. The molecule has 8 rings (SSSR count). The van der Waals surface area contributed by atoms with Gasteiger partial charge in [-0.15, -0.1) is 5.10 Å². The highest BCUT2D eigenvalue weighted by Crippen LogP contribution is 2.20. The number of anilines is 6. The van der Waals surface area contributed by atoms with E-state index in [-0.39, 0.29) is 159 Å². The molecule has 8 heterocycles. The van der Waals surface area contributed by atoms with Crippen molar-refractivity contribution < 1.29 is 90.7 Å². The van der Waals surface area contributed by atoms with Gasteiger partial charge in [-0.3, -0.25) is 57.5 Å². The highest BCUT2D eigenvalue weighted by Gasteiger charge is 2.24. The Morgan fingerprint density at radius 3 is 1.25 bits per heavy atom. The molecule has 0 saturated heterocycles. The molecule has 0 aliphatic carbocycles. The minimum Gasteiger partial charge on any atom is -0.469 e. The molecular formula is C70H95N25O19. The maximum Gasteiger partial charge on any atom is 0.311 e. The van der Waals surface area contributed by atoms with E-state index in [1.807, 2.05) is 0 Å². The topological polar surface area (TPSA) is 519 Å². The predicted molar refractivity (Wildman–Crippen MR) is 405 cm³/mol. The number of esters is 1. The number of carbonyl (C=O) groups is 12. The minimum atomic E-state index is -0.640. The Labute approximate surface area is 652 Å². The molecule has 11 amide bonds. The van der Waals surface area contributed by atoms with E-state index in [1.165, 1.54) is 89.9 Å². The van der Waals surface area contributed by atoms with Gasteiger partial charge in [0.2, 0.25) is 41.1 Å². The molecule has 8 aromatic heterocycles. The zero-order valence-electron chi connectivity index (χ0n) is 64.4. The van der Waals surface area contributed by atoms with E-state index in [0.717, 1.165) is 0 Å². The minimum absolute atomic E-state index is 0.00794. The Hall–Kier alpha value is -12.8. The van der Waals surface area contributed by atoms with E-state index in [0.29, 0.717) is 90.6 Å². The van der Waals surface area contributed by atoms with Gasteiger partial charge in [0.1, 0.15) is 17.1 Å². The predicted octanol–water partition coefficient (Wildman–Crippen LogP) is -0.598. The molecule has 0 bridgehead atoms. The molecule has 44 nitrogen and oxygen atoms in total. The van der Waals surface area contributed by atoms with E-state index in [2.05, 4.69) is 93.5 Å². The fraction of sp³-hybridized carbons (Fsp3) is 0.457. The second-order valence-electron chi connectivity index (χ2n) is 25.4. The summed E-state index contributed by atoms with van der Waals surface area (Å²) in [6, 6.07) is 4.38. The van der Waals surface area contributed by atoms with Crippen LogP contribution in [0.2, 0.25) is 0 Å². The Kier molecular flexibility index (Phi) is 33.7. The first-order valence-electron chi connectivity index (χ1n) is 36.0. The summed E-state index contributed by atoms with van der Waals surface area (Å²) >= 11 is 0. The molecule has 0 saturated carbocycles. The molecule has 0 aliphatic heterocycles. The van der Waals surface area contributed by atoms with Crippen LogP contribution in [0.4, 0.5) is 34.5 Å². The van der Waals surface area contributed by atoms with Crippen LogP contribution in [0.5, 0.6) is 0 Å². The number of methoxy groups -OCH3 is 1. The molecule has 0 aliphatic rings. The van der Waals surface area contributed by atoms with Gasteiger partial charge >= 0.3 is 5.97 Å². The van der Waals surface area contributed by atoms with Gasteiger partial charge in [0.15, 0.2) is 23.3 Å². The van der Waals surface area contributed by atoms with Gasteiger partial charge in [-0.25, -0.2) is 24.6 Å². The largest absolute Gasteiger partial charge is 0.469 e. The van der Waals surface area contributed by atoms with Gasteiger partial charge in [-0.05, 0) is 24.6 Å². The number of aromatic nitrogens is 14. The molecule has 44 heteroatoms. The number of amides is 11. The van der Waals surface area contributed by atoms with Crippen molar-refractivity contribution in [1.29, 1.82) is 0 Å². The molecule has 0 radical (unpaired) electrons. The zero-order valence-corrected chi connectivity index (χ0v) is 64.4. The van der Waals surface area contributed by atoms with Crippen LogP contribution in [0.15, 0.2) is 74.0 Å². The number of aryl methyl sites for hydroxylation is 7. The summed E-state index contributed by atoms with van der Waals surface area (Å²) in [7, 11) is 12.5. The first-order valence-corrected chi connectivity index (χ1v) is 36.0. The summed E-state index contributed by atoms with van der Waals surface area (Å²) < 4.78 is 49.5. The second-order valence-corrected chi connectivity index (χ2v) is 25.4. The lowest BCUT2D eigenvalue weighted by Gasteiger charge is -2.09. The van der Waals surface area contributed by atoms with E-state index < -0.39 is 59.1 Å². The zero-order chi connectivity index (χ0) is 82.1. The van der Waals surface area contributed by atoms with Gasteiger partial charge in [-0.1, -0.05) is 5.21 Å². The SMILES string of the molecule is COC(=O)Cc1cn(CCOCCOCCOCCOCCOCCOCCNC(=O)CCNC(=O)c2nc(NC(=O)c3cc(NC(=O)CCNC(=O)c4nc(NC(=O)CCCNC(=O)c5cc(NC(=O)c6nc(NC(=O)CCNC(=O)c7cc(NC(=O)c8nccn8C)cn7C)cn6C)cn5C)cn4C)cn3C)cn2C)nn1. The molecule has 11 N–H and O–H groups in total. The summed E-state index contributed by atoms with van der Waals surface area (Å²) in [6.07, 6.45) is 13.7. The Bertz CT molecular complexity index is 4630. The smallest absolute Gasteiger partial charge is 0.311 e. The Balaban J connectivity index is 0.615. The Morgan fingerprint density at radius 1 is 0.360 bits per heavy atom. The summed E-state index contributed by atoms with van der Waals surface area (Å²) in [4.78, 5) is 171. The summed E-state index contributed by atoms with van der Waals surface area (Å²) in [6.45, 7) is 5.21. The lowest BCUT2D eigenvalue weighted by atomic mass is 10.3. The summed E-state index contributed by atoms with van der Waals surface area (Å²) in [5, 5.41) is 37.2. The number of nitrogens with zero attached hydrogens (tertiary/aromatic N) is 14. The standard InChI is InChI=1S/C70H95N25O19/c1-88-20-18-72-60(88)69(106)78-46-35-50(90(3)39-46)65(102)74-16-13-58(99)81-53-43-94(7)63(83-53)70(107)79-47-36-49(89(2)40-47)64(101)73-14-9-10-56(97)80-52-42-92(5)61(82-52)67(104)76-17-12-57(98)77-45-34-51(91(4)38-45)66(103)85-54-44-93(6)62(84-54)68(105)75-15-11-55(96)71-19-22-109-24-26-111-28-30-113-32-33-114-31-29-112-27-25-110-23-21-95-41-48(86-87-95)37-59(100)108-8/h18,20,34-36,38-44H,9-17,19,21-33,37H2,1-8H3,(H,71,96)(H,73,101)(H,74,102)(H,75,105)(H,76,104)(H,77,98)(H,78,106)(H,79,107)(H,80,97)(H,81,99)(H,85,103). The lowest BCUT2D eigenvalue weighted by molar-refractivity contribution is -0.140. The third-order valence-corrected chi connectivity index (χ3v) is 16.4. The number of hydrogen-bond acceptors (Lipinski definition) is 25. The highest BCUT2D eigenvalue weighted by atomic mass is 16.6. The van der Waals surface area contributed by atoms with Crippen molar-refractivity contribution in [1.82, 2.24) is 93.5 Å². The van der Waals surface area contributed by atoms with Gasteiger partial charge in [0, 0.05) is 164 Å². The van der Waals surface area contributed by atoms with E-state index in [9.17, 15) is 57.5 Å². The average Bonchev–Trinajstić information content (AvgIpc) is 1.69. The van der Waals surface area contributed by atoms with Crippen molar-refractivity contribution in [2.75, 3.05) is 151 Å². The van der Waals surface area contributed by atoms with Crippen LogP contribution in [-0.2, 0) is 119 Å². The van der Waals surface area contributed by atoms with E-state index in [4.69, 9.17) is 28.4 Å². The molecule has 0 atom stereocenters. The van der Waals surface area contributed by atoms with Gasteiger partial charge in [0.25, 0.3) is 41.4 Å². The van der Waals surface area contributed by atoms with Crippen LogP contribution in [0.3, 0.4) is 0 Å². The third kappa shape index (κ3) is 27.9. The summed E-state index contributed by atoms with van der Waals surface area (Å²) in [5.74, 6) is -5.71. The fourth-order valence-corrected chi connectivity index (χ4v) is 10.7. The molecule has 114 heavy (non-hydrogen) atoms. The van der Waals surface area contributed by atoms with Crippen molar-refractivity contribution in [2.24, 2.45) is 49.3 Å². The van der Waals surface area contributed by atoms with E-state index in [1.54, 1.807) is 77.2 Å². The van der Waals surface area contributed by atoms with Crippen molar-refractivity contribution in [3.63, 3.8) is 0 Å². The number of imidazole rings is 4. The second kappa shape index (κ2) is 44.3. The van der Waals surface area contributed by atoms with Crippen LogP contribution in [-0.4, -0.2) is 257 Å². The molecule has 614 valence electrons. The van der Waals surface area contributed by atoms with Crippen LogP contribution in [0.1, 0.15) is 112 Å². The molecule has 0 aromatic carbocycles. The van der Waals surface area contributed by atoms with Crippen LogP contribution in [0.25, 0.3) is 0 Å². The average molecular weight is 1590 g/mol. The molecular weight excluding hydrogens is 1490 g/mol.